The maximum Gasteiger partial charge on any atom is 0.273 e. The van der Waals surface area contributed by atoms with Crippen molar-refractivity contribution in [2.24, 2.45) is 5.92 Å². The number of ether oxygens (including phenoxy) is 1. The van der Waals surface area contributed by atoms with E-state index in [4.69, 9.17) is 16.3 Å². The molecule has 0 aliphatic heterocycles. The van der Waals surface area contributed by atoms with Crippen molar-refractivity contribution in [3.63, 3.8) is 0 Å². The molecule has 1 fully saturated rings. The van der Waals surface area contributed by atoms with E-state index in [1.165, 1.54) is 18.3 Å². The summed E-state index contributed by atoms with van der Waals surface area (Å²) in [4.78, 5) is 40.1. The Morgan fingerprint density at radius 1 is 1.18 bits per heavy atom. The van der Waals surface area contributed by atoms with Crippen LogP contribution in [-0.4, -0.2) is 35.9 Å². The molecule has 0 unspecified atom stereocenters. The van der Waals surface area contributed by atoms with Crippen LogP contribution in [-0.2, 0) is 16.1 Å². The first-order valence-electron chi connectivity index (χ1n) is 10.4. The lowest BCUT2D eigenvalue weighted by molar-refractivity contribution is -0.123. The Morgan fingerprint density at radius 2 is 1.97 bits per heavy atom. The van der Waals surface area contributed by atoms with Gasteiger partial charge in [-0.1, -0.05) is 18.2 Å². The van der Waals surface area contributed by atoms with Gasteiger partial charge in [-0.05, 0) is 42.7 Å². The molecule has 10 heteroatoms. The first kappa shape index (κ1) is 24.2. The Bertz CT molecular complexity index is 1060. The molecule has 0 radical (unpaired) electrons. The molecular weight excluding hydrogens is 451 g/mol. The van der Waals surface area contributed by atoms with Crippen LogP contribution in [0.5, 0.6) is 5.75 Å². The average molecular weight is 475 g/mol. The number of nitrogens with zero attached hydrogens (tertiary/aromatic N) is 1. The number of amides is 3. The monoisotopic (exact) mass is 474 g/mol. The third-order valence-corrected chi connectivity index (χ3v) is 5.08. The van der Waals surface area contributed by atoms with Crippen LogP contribution in [0.3, 0.4) is 0 Å². The van der Waals surface area contributed by atoms with Gasteiger partial charge in [-0.25, -0.2) is 4.39 Å². The smallest absolute Gasteiger partial charge is 0.273 e. The van der Waals surface area contributed by atoms with Gasteiger partial charge in [0.05, 0.1) is 5.02 Å². The normalized spacial score (nSPS) is 12.5. The van der Waals surface area contributed by atoms with Crippen LogP contribution in [0.25, 0.3) is 0 Å². The summed E-state index contributed by atoms with van der Waals surface area (Å²) in [5.41, 5.74) is 1.36. The molecule has 3 N–H and O–H groups in total. The SMILES string of the molecule is C=C(CCNC(=O)COc1ccc(Cl)c(F)c1)NC(=O)c1cc(CNC(=O)C2CC2)ccn1. The fourth-order valence-electron chi connectivity index (χ4n) is 2.79. The van der Waals surface area contributed by atoms with E-state index in [9.17, 15) is 18.8 Å². The van der Waals surface area contributed by atoms with Crippen molar-refractivity contribution in [3.05, 3.63) is 70.9 Å². The minimum Gasteiger partial charge on any atom is -0.484 e. The average Bonchev–Trinajstić information content (AvgIpc) is 3.64. The van der Waals surface area contributed by atoms with Gasteiger partial charge >= 0.3 is 0 Å². The molecule has 1 aromatic carbocycles. The molecule has 1 aliphatic rings. The zero-order chi connectivity index (χ0) is 23.8. The lowest BCUT2D eigenvalue weighted by atomic mass is 10.2. The molecule has 3 amide bonds. The van der Waals surface area contributed by atoms with Gasteiger partial charge in [0.2, 0.25) is 5.91 Å². The maximum absolute atomic E-state index is 13.4. The van der Waals surface area contributed by atoms with Crippen LogP contribution in [0.2, 0.25) is 5.02 Å². The predicted molar refractivity (Wildman–Crippen MR) is 120 cm³/mol. The van der Waals surface area contributed by atoms with Crippen molar-refractivity contribution >= 4 is 29.3 Å². The fraction of sp³-hybridized carbons (Fsp3) is 0.304. The predicted octanol–water partition coefficient (Wildman–Crippen LogP) is 2.73. The summed E-state index contributed by atoms with van der Waals surface area (Å²) in [5, 5.41) is 8.07. The number of hydrogen-bond acceptors (Lipinski definition) is 5. The Balaban J connectivity index is 1.36. The lowest BCUT2D eigenvalue weighted by Gasteiger charge is -2.11. The van der Waals surface area contributed by atoms with Crippen LogP contribution in [0.1, 0.15) is 35.3 Å². The summed E-state index contributed by atoms with van der Waals surface area (Å²) in [6, 6.07) is 7.23. The highest BCUT2D eigenvalue weighted by molar-refractivity contribution is 6.30. The summed E-state index contributed by atoms with van der Waals surface area (Å²) in [7, 11) is 0. The number of nitrogens with one attached hydrogen (secondary N) is 3. The van der Waals surface area contributed by atoms with Crippen LogP contribution >= 0.6 is 11.6 Å². The molecule has 0 bridgehead atoms. The van der Waals surface area contributed by atoms with E-state index >= 15 is 0 Å². The van der Waals surface area contributed by atoms with E-state index in [0.29, 0.717) is 18.7 Å². The van der Waals surface area contributed by atoms with Gasteiger partial charge in [0.15, 0.2) is 6.61 Å². The zero-order valence-electron chi connectivity index (χ0n) is 17.8. The summed E-state index contributed by atoms with van der Waals surface area (Å²) in [6.07, 6.45) is 3.65. The van der Waals surface area contributed by atoms with Crippen LogP contribution in [0.4, 0.5) is 4.39 Å². The van der Waals surface area contributed by atoms with Gasteiger partial charge in [-0.15, -0.1) is 0 Å². The van der Waals surface area contributed by atoms with Gasteiger partial charge in [-0.2, -0.15) is 0 Å². The van der Waals surface area contributed by atoms with E-state index in [1.807, 2.05) is 0 Å². The second-order valence-corrected chi connectivity index (χ2v) is 7.97. The largest absolute Gasteiger partial charge is 0.484 e. The number of carbonyl (C=O) groups is 3. The summed E-state index contributed by atoms with van der Waals surface area (Å²) in [6.45, 7) is 4.03. The number of aromatic nitrogens is 1. The number of carbonyl (C=O) groups excluding carboxylic acids is 3. The topological polar surface area (TPSA) is 109 Å². The van der Waals surface area contributed by atoms with E-state index in [1.54, 1.807) is 12.1 Å². The molecule has 2 aromatic rings. The minimum atomic E-state index is -0.635. The van der Waals surface area contributed by atoms with Gasteiger partial charge in [-0.3, -0.25) is 19.4 Å². The van der Waals surface area contributed by atoms with Crippen molar-refractivity contribution in [2.75, 3.05) is 13.2 Å². The summed E-state index contributed by atoms with van der Waals surface area (Å²) < 4.78 is 18.6. The molecule has 33 heavy (non-hydrogen) atoms. The second kappa shape index (κ2) is 11.4. The molecule has 8 nitrogen and oxygen atoms in total. The van der Waals surface area contributed by atoms with Crippen molar-refractivity contribution < 1.29 is 23.5 Å². The summed E-state index contributed by atoms with van der Waals surface area (Å²) in [5.74, 6) is -1.15. The van der Waals surface area contributed by atoms with Crippen molar-refractivity contribution in [1.82, 2.24) is 20.9 Å². The lowest BCUT2D eigenvalue weighted by Crippen LogP contribution is -2.31. The number of hydrogen-bond donors (Lipinski definition) is 3. The maximum atomic E-state index is 13.4. The number of pyridine rings is 1. The number of benzene rings is 1. The molecular formula is C23H24ClFN4O4. The Labute approximate surface area is 195 Å². The van der Waals surface area contributed by atoms with Gasteiger partial charge in [0.1, 0.15) is 17.3 Å². The van der Waals surface area contributed by atoms with E-state index in [0.717, 1.165) is 24.5 Å². The molecule has 1 aromatic heterocycles. The Morgan fingerprint density at radius 3 is 2.70 bits per heavy atom. The molecule has 174 valence electrons. The number of halogens is 2. The molecule has 1 heterocycles. The first-order chi connectivity index (χ1) is 15.8. The highest BCUT2D eigenvalue weighted by atomic mass is 35.5. The Kier molecular flexibility index (Phi) is 8.37. The van der Waals surface area contributed by atoms with Crippen LogP contribution in [0, 0.1) is 11.7 Å². The van der Waals surface area contributed by atoms with Crippen LogP contribution in [0.15, 0.2) is 48.8 Å². The number of rotatable bonds is 11. The van der Waals surface area contributed by atoms with Crippen molar-refractivity contribution in [1.29, 1.82) is 0 Å². The summed E-state index contributed by atoms with van der Waals surface area (Å²) >= 11 is 5.59. The highest BCUT2D eigenvalue weighted by Crippen LogP contribution is 2.28. The third kappa shape index (κ3) is 7.87. The zero-order valence-corrected chi connectivity index (χ0v) is 18.6. The Hall–Kier alpha value is -3.46. The van der Waals surface area contributed by atoms with Crippen LogP contribution < -0.4 is 20.7 Å². The van der Waals surface area contributed by atoms with Gasteiger partial charge < -0.3 is 20.7 Å². The second-order valence-electron chi connectivity index (χ2n) is 7.56. The van der Waals surface area contributed by atoms with Crippen molar-refractivity contribution in [2.45, 2.75) is 25.8 Å². The molecule has 1 aliphatic carbocycles. The first-order valence-corrected chi connectivity index (χ1v) is 10.8. The molecule has 0 atom stereocenters. The minimum absolute atomic E-state index is 0.0268. The highest BCUT2D eigenvalue weighted by Gasteiger charge is 2.29. The molecule has 0 saturated heterocycles. The molecule has 3 rings (SSSR count). The standard InChI is InChI=1S/C23H24ClFN4O4/c1-14(6-8-27-21(30)13-33-17-4-5-18(24)19(25)11-17)29-23(32)20-10-15(7-9-26-20)12-28-22(31)16-2-3-16/h4-5,7,9-11,16H,1-3,6,8,12-13H2,(H,27,30)(H,28,31)(H,29,32). The fourth-order valence-corrected chi connectivity index (χ4v) is 2.91. The molecule has 1 saturated carbocycles. The van der Waals surface area contributed by atoms with E-state index in [2.05, 4.69) is 27.5 Å². The van der Waals surface area contributed by atoms with Crippen molar-refractivity contribution in [3.8, 4) is 5.75 Å². The van der Waals surface area contributed by atoms with E-state index < -0.39 is 17.6 Å². The quantitative estimate of drug-likeness (QED) is 0.464. The van der Waals surface area contributed by atoms with Gasteiger partial charge in [0, 0.05) is 43.4 Å². The molecule has 0 spiro atoms. The van der Waals surface area contributed by atoms with Gasteiger partial charge in [0.25, 0.3) is 11.8 Å². The van der Waals surface area contributed by atoms with E-state index in [-0.39, 0.29) is 41.4 Å². The third-order valence-electron chi connectivity index (χ3n) is 4.77.